The first kappa shape index (κ1) is 8.02. The highest BCUT2D eigenvalue weighted by atomic mass is 14.7. The van der Waals surface area contributed by atoms with E-state index < -0.39 is 0 Å². The zero-order valence-electron chi connectivity index (χ0n) is 6.72. The van der Waals surface area contributed by atoms with Crippen molar-refractivity contribution in [2.75, 3.05) is 6.54 Å². The minimum atomic E-state index is 0.414. The molecule has 0 saturated heterocycles. The Morgan fingerprint density at radius 3 is 2.50 bits per heavy atom. The van der Waals surface area contributed by atoms with Crippen LogP contribution in [0.5, 0.6) is 0 Å². The average Bonchev–Trinajstić information content (AvgIpc) is 1.85. The standard InChI is InChI=1S/C8H18N2/c1-6-2-7(5-9)4-8(10)3-6/h6-8H,2-5,9-10H2,1H3. The Hall–Kier alpha value is -0.0800. The molecule has 3 unspecified atom stereocenters. The molecule has 0 bridgehead atoms. The molecule has 0 spiro atoms. The Morgan fingerprint density at radius 1 is 1.30 bits per heavy atom. The van der Waals surface area contributed by atoms with Gasteiger partial charge in [-0.1, -0.05) is 6.92 Å². The monoisotopic (exact) mass is 142 g/mol. The summed E-state index contributed by atoms with van der Waals surface area (Å²) in [4.78, 5) is 0. The van der Waals surface area contributed by atoms with Crippen LogP contribution in [0.2, 0.25) is 0 Å². The summed E-state index contributed by atoms with van der Waals surface area (Å²) in [6.07, 6.45) is 3.61. The van der Waals surface area contributed by atoms with Crippen molar-refractivity contribution in [1.29, 1.82) is 0 Å². The lowest BCUT2D eigenvalue weighted by atomic mass is 9.80. The number of rotatable bonds is 1. The van der Waals surface area contributed by atoms with Crippen molar-refractivity contribution < 1.29 is 0 Å². The highest BCUT2D eigenvalue weighted by Crippen LogP contribution is 2.26. The molecule has 1 aliphatic carbocycles. The highest BCUT2D eigenvalue weighted by Gasteiger charge is 2.22. The Balaban J connectivity index is 2.35. The summed E-state index contributed by atoms with van der Waals surface area (Å²) in [5.74, 6) is 1.48. The van der Waals surface area contributed by atoms with E-state index in [2.05, 4.69) is 6.92 Å². The first-order valence-electron chi connectivity index (χ1n) is 4.18. The minimum absolute atomic E-state index is 0.414. The molecule has 1 aliphatic rings. The quantitative estimate of drug-likeness (QED) is 0.566. The van der Waals surface area contributed by atoms with Crippen LogP contribution >= 0.6 is 0 Å². The fourth-order valence-electron chi connectivity index (χ4n) is 2.00. The van der Waals surface area contributed by atoms with Crippen LogP contribution in [0.15, 0.2) is 0 Å². The molecular formula is C8H18N2. The van der Waals surface area contributed by atoms with Crippen molar-refractivity contribution >= 4 is 0 Å². The van der Waals surface area contributed by atoms with Gasteiger partial charge < -0.3 is 11.5 Å². The molecule has 4 N–H and O–H groups in total. The van der Waals surface area contributed by atoms with Gasteiger partial charge in [0.25, 0.3) is 0 Å². The predicted molar refractivity (Wildman–Crippen MR) is 43.5 cm³/mol. The lowest BCUT2D eigenvalue weighted by Crippen LogP contribution is -2.34. The van der Waals surface area contributed by atoms with Crippen molar-refractivity contribution in [3.63, 3.8) is 0 Å². The van der Waals surface area contributed by atoms with Crippen LogP contribution in [0.1, 0.15) is 26.2 Å². The Morgan fingerprint density at radius 2 is 2.00 bits per heavy atom. The van der Waals surface area contributed by atoms with Gasteiger partial charge in [-0.15, -0.1) is 0 Å². The molecule has 2 nitrogen and oxygen atoms in total. The molecule has 2 heteroatoms. The van der Waals surface area contributed by atoms with Crippen molar-refractivity contribution in [3.8, 4) is 0 Å². The van der Waals surface area contributed by atoms with Gasteiger partial charge in [0.05, 0.1) is 0 Å². The van der Waals surface area contributed by atoms with Gasteiger partial charge in [-0.05, 0) is 37.6 Å². The van der Waals surface area contributed by atoms with Crippen molar-refractivity contribution in [2.24, 2.45) is 23.3 Å². The molecule has 0 aromatic heterocycles. The van der Waals surface area contributed by atoms with Crippen LogP contribution in [-0.2, 0) is 0 Å². The van der Waals surface area contributed by atoms with E-state index in [1.807, 2.05) is 0 Å². The molecule has 1 rings (SSSR count). The second-order valence-electron chi connectivity index (χ2n) is 3.67. The number of nitrogens with two attached hydrogens (primary N) is 2. The van der Waals surface area contributed by atoms with Crippen LogP contribution in [0.25, 0.3) is 0 Å². The molecule has 0 amide bonds. The summed E-state index contributed by atoms with van der Waals surface area (Å²) in [5.41, 5.74) is 11.4. The fraction of sp³-hybridized carbons (Fsp3) is 1.00. The van der Waals surface area contributed by atoms with E-state index in [1.54, 1.807) is 0 Å². The van der Waals surface area contributed by atoms with Crippen molar-refractivity contribution in [1.82, 2.24) is 0 Å². The van der Waals surface area contributed by atoms with Gasteiger partial charge >= 0.3 is 0 Å². The summed E-state index contributed by atoms with van der Waals surface area (Å²) < 4.78 is 0. The second kappa shape index (κ2) is 3.35. The van der Waals surface area contributed by atoms with Crippen LogP contribution < -0.4 is 11.5 Å². The minimum Gasteiger partial charge on any atom is -0.330 e. The second-order valence-corrected chi connectivity index (χ2v) is 3.67. The summed E-state index contributed by atoms with van der Waals surface area (Å²) >= 11 is 0. The summed E-state index contributed by atoms with van der Waals surface area (Å²) in [6, 6.07) is 0.414. The lowest BCUT2D eigenvalue weighted by molar-refractivity contribution is 0.259. The zero-order chi connectivity index (χ0) is 7.56. The summed E-state index contributed by atoms with van der Waals surface area (Å²) in [5, 5.41) is 0. The third-order valence-corrected chi connectivity index (χ3v) is 2.41. The van der Waals surface area contributed by atoms with E-state index in [-0.39, 0.29) is 0 Å². The van der Waals surface area contributed by atoms with Crippen LogP contribution in [0.4, 0.5) is 0 Å². The first-order valence-corrected chi connectivity index (χ1v) is 4.18. The smallest absolute Gasteiger partial charge is 0.00444 e. The molecule has 0 radical (unpaired) electrons. The number of hydrogen-bond acceptors (Lipinski definition) is 2. The SMILES string of the molecule is CC1CC(N)CC(CN)C1. The summed E-state index contributed by atoms with van der Waals surface area (Å²) in [7, 11) is 0. The van der Waals surface area contributed by atoms with E-state index in [0.717, 1.165) is 18.9 Å². The van der Waals surface area contributed by atoms with Crippen molar-refractivity contribution in [3.05, 3.63) is 0 Å². The van der Waals surface area contributed by atoms with E-state index in [1.165, 1.54) is 12.8 Å². The average molecular weight is 142 g/mol. The van der Waals surface area contributed by atoms with E-state index in [0.29, 0.717) is 12.0 Å². The fourth-order valence-corrected chi connectivity index (χ4v) is 2.00. The molecule has 60 valence electrons. The molecule has 3 atom stereocenters. The Kier molecular flexibility index (Phi) is 2.69. The normalized spacial score (nSPS) is 41.7. The summed E-state index contributed by atoms with van der Waals surface area (Å²) in [6.45, 7) is 3.08. The third-order valence-electron chi connectivity index (χ3n) is 2.41. The zero-order valence-corrected chi connectivity index (χ0v) is 6.72. The third kappa shape index (κ3) is 1.96. The maximum absolute atomic E-state index is 5.84. The molecule has 10 heavy (non-hydrogen) atoms. The van der Waals surface area contributed by atoms with Gasteiger partial charge in [-0.3, -0.25) is 0 Å². The maximum Gasteiger partial charge on any atom is 0.00444 e. The molecule has 0 heterocycles. The number of hydrogen-bond donors (Lipinski definition) is 2. The Labute approximate surface area is 63.0 Å². The van der Waals surface area contributed by atoms with Gasteiger partial charge in [0.1, 0.15) is 0 Å². The molecule has 1 saturated carbocycles. The predicted octanol–water partition coefficient (Wildman–Crippen LogP) is 0.709. The van der Waals surface area contributed by atoms with Gasteiger partial charge in [0.15, 0.2) is 0 Å². The topological polar surface area (TPSA) is 52.0 Å². The molecule has 0 aliphatic heterocycles. The van der Waals surface area contributed by atoms with Crippen molar-refractivity contribution in [2.45, 2.75) is 32.2 Å². The maximum atomic E-state index is 5.84. The molecular weight excluding hydrogens is 124 g/mol. The molecule has 0 aromatic carbocycles. The lowest BCUT2D eigenvalue weighted by Gasteiger charge is -2.30. The molecule has 1 fully saturated rings. The van der Waals surface area contributed by atoms with Crippen LogP contribution in [0, 0.1) is 11.8 Å². The highest BCUT2D eigenvalue weighted by molar-refractivity contribution is 4.79. The van der Waals surface area contributed by atoms with Gasteiger partial charge in [-0.25, -0.2) is 0 Å². The van der Waals surface area contributed by atoms with E-state index in [9.17, 15) is 0 Å². The first-order chi connectivity index (χ1) is 4.72. The van der Waals surface area contributed by atoms with Crippen LogP contribution in [-0.4, -0.2) is 12.6 Å². The van der Waals surface area contributed by atoms with Gasteiger partial charge in [0, 0.05) is 6.04 Å². The Bertz CT molecular complexity index is 93.4. The van der Waals surface area contributed by atoms with Gasteiger partial charge in [0.2, 0.25) is 0 Å². The van der Waals surface area contributed by atoms with E-state index >= 15 is 0 Å². The van der Waals surface area contributed by atoms with Crippen LogP contribution in [0.3, 0.4) is 0 Å². The van der Waals surface area contributed by atoms with Gasteiger partial charge in [-0.2, -0.15) is 0 Å². The largest absolute Gasteiger partial charge is 0.330 e. The molecule has 0 aromatic rings. The van der Waals surface area contributed by atoms with E-state index in [4.69, 9.17) is 11.5 Å².